The quantitative estimate of drug-likeness (QED) is 0.516. The van der Waals surface area contributed by atoms with Crippen LogP contribution >= 0.6 is 0 Å². The molecule has 1 amide bonds. The number of nitrogens with one attached hydrogen (secondary N) is 1. The van der Waals surface area contributed by atoms with Gasteiger partial charge in [-0.15, -0.1) is 0 Å². The summed E-state index contributed by atoms with van der Waals surface area (Å²) < 4.78 is 10.8. The minimum Gasteiger partial charge on any atom is -0.482 e. The van der Waals surface area contributed by atoms with Crippen LogP contribution in [0.4, 0.5) is 5.69 Å². The van der Waals surface area contributed by atoms with E-state index >= 15 is 0 Å². The molecule has 5 nitrogen and oxygen atoms in total. The Balaban J connectivity index is 1.54. The number of para-hydroxylation sites is 1. The standard InChI is InChI=1S/C25H27NO4/c1-4-17(2)22-11-7-8-12-23(22)26-25(28)18(3)30-24(27)16-29-21-14-13-19-9-5-6-10-20(19)15-21/h5-15,17-18H,4,16H2,1-3H3,(H,26,28)/t17-,18-/m0/s1. The molecule has 3 aromatic carbocycles. The van der Waals surface area contributed by atoms with Crippen LogP contribution in [0, 0.1) is 0 Å². The Bertz CT molecular complexity index is 1030. The Morgan fingerprint density at radius 3 is 2.40 bits per heavy atom. The highest BCUT2D eigenvalue weighted by atomic mass is 16.6. The average molecular weight is 405 g/mol. The molecule has 30 heavy (non-hydrogen) atoms. The molecule has 0 aliphatic rings. The van der Waals surface area contributed by atoms with E-state index in [4.69, 9.17) is 9.47 Å². The summed E-state index contributed by atoms with van der Waals surface area (Å²) in [6.07, 6.45) is 0.0338. The second-order valence-corrected chi connectivity index (χ2v) is 7.32. The van der Waals surface area contributed by atoms with Crippen molar-refractivity contribution in [2.24, 2.45) is 0 Å². The molecule has 0 saturated carbocycles. The summed E-state index contributed by atoms with van der Waals surface area (Å²) in [4.78, 5) is 24.6. The monoisotopic (exact) mass is 405 g/mol. The van der Waals surface area contributed by atoms with E-state index in [1.165, 1.54) is 0 Å². The Hall–Kier alpha value is -3.34. The molecule has 0 aliphatic heterocycles. The van der Waals surface area contributed by atoms with Gasteiger partial charge in [-0.2, -0.15) is 0 Å². The zero-order valence-corrected chi connectivity index (χ0v) is 17.6. The number of hydrogen-bond acceptors (Lipinski definition) is 4. The van der Waals surface area contributed by atoms with E-state index in [1.807, 2.05) is 60.7 Å². The van der Waals surface area contributed by atoms with Crippen LogP contribution in [0.5, 0.6) is 5.75 Å². The van der Waals surface area contributed by atoms with E-state index < -0.39 is 12.1 Å². The fourth-order valence-electron chi connectivity index (χ4n) is 3.18. The first kappa shape index (κ1) is 21.4. The SMILES string of the molecule is CC[C@H](C)c1ccccc1NC(=O)[C@H](C)OC(=O)COc1ccc2ccccc2c1. The Morgan fingerprint density at radius 1 is 0.933 bits per heavy atom. The molecule has 0 radical (unpaired) electrons. The predicted molar refractivity (Wildman–Crippen MR) is 119 cm³/mol. The third-order valence-corrected chi connectivity index (χ3v) is 5.12. The van der Waals surface area contributed by atoms with Crippen LogP contribution < -0.4 is 10.1 Å². The van der Waals surface area contributed by atoms with Gasteiger partial charge in [0.2, 0.25) is 0 Å². The Morgan fingerprint density at radius 2 is 1.63 bits per heavy atom. The van der Waals surface area contributed by atoms with Crippen molar-refractivity contribution >= 4 is 28.3 Å². The lowest BCUT2D eigenvalue weighted by molar-refractivity contribution is -0.155. The molecule has 0 aromatic heterocycles. The van der Waals surface area contributed by atoms with Crippen LogP contribution in [-0.2, 0) is 14.3 Å². The molecular weight excluding hydrogens is 378 g/mol. The van der Waals surface area contributed by atoms with Crippen LogP contribution in [-0.4, -0.2) is 24.6 Å². The van der Waals surface area contributed by atoms with Crippen LogP contribution in [0.2, 0.25) is 0 Å². The van der Waals surface area contributed by atoms with Crippen molar-refractivity contribution < 1.29 is 19.1 Å². The summed E-state index contributed by atoms with van der Waals surface area (Å²) in [6, 6.07) is 21.2. The van der Waals surface area contributed by atoms with Crippen molar-refractivity contribution in [1.29, 1.82) is 0 Å². The van der Waals surface area contributed by atoms with Crippen LogP contribution in [0.25, 0.3) is 10.8 Å². The second kappa shape index (κ2) is 9.92. The van der Waals surface area contributed by atoms with Crippen molar-refractivity contribution in [3.63, 3.8) is 0 Å². The van der Waals surface area contributed by atoms with Gasteiger partial charge in [0.1, 0.15) is 5.75 Å². The molecule has 5 heteroatoms. The number of anilines is 1. The Labute approximate surface area is 177 Å². The third-order valence-electron chi connectivity index (χ3n) is 5.12. The molecular formula is C25H27NO4. The molecule has 3 aromatic rings. The second-order valence-electron chi connectivity index (χ2n) is 7.32. The first-order valence-corrected chi connectivity index (χ1v) is 10.2. The molecule has 0 aliphatic carbocycles. The summed E-state index contributed by atoms with van der Waals surface area (Å²) in [5.74, 6) is -0.0780. The van der Waals surface area contributed by atoms with Crippen molar-refractivity contribution in [2.45, 2.75) is 39.2 Å². The first-order valence-electron chi connectivity index (χ1n) is 10.2. The summed E-state index contributed by atoms with van der Waals surface area (Å²) >= 11 is 0. The third kappa shape index (κ3) is 5.38. The molecule has 0 spiro atoms. The smallest absolute Gasteiger partial charge is 0.344 e. The van der Waals surface area contributed by atoms with Crippen molar-refractivity contribution in [2.75, 3.05) is 11.9 Å². The van der Waals surface area contributed by atoms with Gasteiger partial charge < -0.3 is 14.8 Å². The fraction of sp³-hybridized carbons (Fsp3) is 0.280. The van der Waals surface area contributed by atoms with Gasteiger partial charge in [-0.25, -0.2) is 4.79 Å². The lowest BCUT2D eigenvalue weighted by atomic mass is 9.97. The molecule has 0 fully saturated rings. The summed E-state index contributed by atoms with van der Waals surface area (Å²) in [6.45, 7) is 5.50. The van der Waals surface area contributed by atoms with Crippen molar-refractivity contribution in [1.82, 2.24) is 0 Å². The maximum atomic E-state index is 12.5. The van der Waals surface area contributed by atoms with E-state index in [9.17, 15) is 9.59 Å². The summed E-state index contributed by atoms with van der Waals surface area (Å²) in [7, 11) is 0. The number of ether oxygens (including phenoxy) is 2. The largest absolute Gasteiger partial charge is 0.482 e. The number of hydrogen-bond donors (Lipinski definition) is 1. The normalized spacial score (nSPS) is 12.8. The molecule has 3 rings (SSSR count). The zero-order valence-electron chi connectivity index (χ0n) is 17.6. The van der Waals surface area contributed by atoms with Gasteiger partial charge in [-0.3, -0.25) is 4.79 Å². The van der Waals surface area contributed by atoms with Gasteiger partial charge >= 0.3 is 5.97 Å². The van der Waals surface area contributed by atoms with Gasteiger partial charge in [0.25, 0.3) is 5.91 Å². The maximum absolute atomic E-state index is 12.5. The highest BCUT2D eigenvalue weighted by molar-refractivity contribution is 5.95. The number of amides is 1. The summed E-state index contributed by atoms with van der Waals surface area (Å²) in [5, 5.41) is 4.98. The number of carbonyl (C=O) groups is 2. The molecule has 2 atom stereocenters. The number of esters is 1. The summed E-state index contributed by atoms with van der Waals surface area (Å²) in [5.41, 5.74) is 1.80. The molecule has 156 valence electrons. The number of fused-ring (bicyclic) bond motifs is 1. The van der Waals surface area contributed by atoms with Gasteiger partial charge in [0.15, 0.2) is 12.7 Å². The van der Waals surface area contributed by atoms with E-state index in [2.05, 4.69) is 19.2 Å². The minimum absolute atomic E-state index is 0.264. The van der Waals surface area contributed by atoms with Crippen molar-refractivity contribution in [3.05, 3.63) is 72.3 Å². The molecule has 1 N–H and O–H groups in total. The first-order chi connectivity index (χ1) is 14.5. The average Bonchev–Trinajstić information content (AvgIpc) is 2.77. The number of benzene rings is 3. The number of carbonyl (C=O) groups excluding carboxylic acids is 2. The van der Waals surface area contributed by atoms with E-state index in [0.29, 0.717) is 11.7 Å². The van der Waals surface area contributed by atoms with Gasteiger partial charge in [0, 0.05) is 5.69 Å². The van der Waals surface area contributed by atoms with E-state index in [0.717, 1.165) is 28.4 Å². The maximum Gasteiger partial charge on any atom is 0.344 e. The lowest BCUT2D eigenvalue weighted by Crippen LogP contribution is -2.32. The van der Waals surface area contributed by atoms with Crippen LogP contribution in [0.15, 0.2) is 66.7 Å². The predicted octanol–water partition coefficient (Wildman–Crippen LogP) is 5.30. The lowest BCUT2D eigenvalue weighted by Gasteiger charge is -2.18. The fourth-order valence-corrected chi connectivity index (χ4v) is 3.18. The highest BCUT2D eigenvalue weighted by Crippen LogP contribution is 2.26. The Kier molecular flexibility index (Phi) is 7.07. The van der Waals surface area contributed by atoms with Gasteiger partial charge in [0.05, 0.1) is 0 Å². The van der Waals surface area contributed by atoms with E-state index in [1.54, 1.807) is 13.0 Å². The van der Waals surface area contributed by atoms with Gasteiger partial charge in [-0.05, 0) is 53.8 Å². The van der Waals surface area contributed by atoms with Crippen LogP contribution in [0.1, 0.15) is 38.7 Å². The minimum atomic E-state index is -0.928. The molecule has 0 bridgehead atoms. The van der Waals surface area contributed by atoms with Crippen molar-refractivity contribution in [3.8, 4) is 5.75 Å². The molecule has 0 unspecified atom stereocenters. The topological polar surface area (TPSA) is 64.6 Å². The van der Waals surface area contributed by atoms with E-state index in [-0.39, 0.29) is 12.5 Å². The molecule has 0 heterocycles. The molecule has 0 saturated heterocycles. The zero-order chi connectivity index (χ0) is 21.5. The number of rotatable bonds is 8. The van der Waals surface area contributed by atoms with Crippen LogP contribution in [0.3, 0.4) is 0 Å². The highest BCUT2D eigenvalue weighted by Gasteiger charge is 2.20. The van der Waals surface area contributed by atoms with Gasteiger partial charge in [-0.1, -0.05) is 62.4 Å².